The molecule has 1 aromatic rings. The Bertz CT molecular complexity index is 618. The second kappa shape index (κ2) is 6.53. The second-order valence-electron chi connectivity index (χ2n) is 5.35. The first-order chi connectivity index (χ1) is 9.85. The highest BCUT2D eigenvalue weighted by molar-refractivity contribution is 7.91. The van der Waals surface area contributed by atoms with Crippen LogP contribution in [0, 0.1) is 5.82 Å². The van der Waals surface area contributed by atoms with Crippen LogP contribution in [0.3, 0.4) is 0 Å². The Hall–Kier alpha value is -1.47. The first-order valence-electron chi connectivity index (χ1n) is 6.82. The van der Waals surface area contributed by atoms with E-state index < -0.39 is 15.7 Å². The standard InChI is InChI=1S/C14H19FN2O3S/c1-17(13-6-8-21(19,20)10-13)7-5-14(18)16-12-4-2-3-11(15)9-12/h2-4,9,13H,5-8,10H2,1H3,(H,16,18). The highest BCUT2D eigenvalue weighted by atomic mass is 32.2. The average Bonchev–Trinajstić information content (AvgIpc) is 2.76. The number of carbonyl (C=O) groups is 1. The summed E-state index contributed by atoms with van der Waals surface area (Å²) in [6, 6.07) is 5.70. The third kappa shape index (κ3) is 4.78. The summed E-state index contributed by atoms with van der Waals surface area (Å²) in [5.74, 6) is -0.235. The van der Waals surface area contributed by atoms with Crippen LogP contribution in [0.5, 0.6) is 0 Å². The minimum atomic E-state index is -2.92. The molecular weight excluding hydrogens is 295 g/mol. The van der Waals surface area contributed by atoms with Crippen LogP contribution >= 0.6 is 0 Å². The summed E-state index contributed by atoms with van der Waals surface area (Å²) < 4.78 is 35.8. The number of benzene rings is 1. The van der Waals surface area contributed by atoms with Crippen LogP contribution in [0.15, 0.2) is 24.3 Å². The molecule has 1 aliphatic heterocycles. The molecular formula is C14H19FN2O3S. The Labute approximate surface area is 124 Å². The van der Waals surface area contributed by atoms with Crippen LogP contribution in [0.4, 0.5) is 10.1 Å². The van der Waals surface area contributed by atoms with Gasteiger partial charge in [0.2, 0.25) is 5.91 Å². The normalized spacial score (nSPS) is 20.6. The van der Waals surface area contributed by atoms with Gasteiger partial charge in [0.1, 0.15) is 5.82 Å². The number of hydrogen-bond donors (Lipinski definition) is 1. The van der Waals surface area contributed by atoms with Crippen molar-refractivity contribution in [2.75, 3.05) is 30.4 Å². The summed E-state index contributed by atoms with van der Waals surface area (Å²) in [6.45, 7) is 0.474. The number of hydrogen-bond acceptors (Lipinski definition) is 4. The number of carbonyl (C=O) groups excluding carboxylic acids is 1. The lowest BCUT2D eigenvalue weighted by molar-refractivity contribution is -0.116. The lowest BCUT2D eigenvalue weighted by atomic mass is 10.2. The first kappa shape index (κ1) is 15.9. The average molecular weight is 314 g/mol. The lowest BCUT2D eigenvalue weighted by Gasteiger charge is -2.22. The van der Waals surface area contributed by atoms with Crippen molar-refractivity contribution in [3.8, 4) is 0 Å². The number of nitrogens with zero attached hydrogens (tertiary/aromatic N) is 1. The van der Waals surface area contributed by atoms with E-state index in [-0.39, 0.29) is 29.9 Å². The van der Waals surface area contributed by atoms with Crippen molar-refractivity contribution in [1.82, 2.24) is 4.90 Å². The van der Waals surface area contributed by atoms with E-state index in [9.17, 15) is 17.6 Å². The van der Waals surface area contributed by atoms with Gasteiger partial charge in [-0.1, -0.05) is 6.07 Å². The third-order valence-corrected chi connectivity index (χ3v) is 5.38. The Kier molecular flexibility index (Phi) is 4.95. The second-order valence-corrected chi connectivity index (χ2v) is 7.57. The Morgan fingerprint density at radius 2 is 2.24 bits per heavy atom. The molecule has 1 heterocycles. The lowest BCUT2D eigenvalue weighted by Crippen LogP contribution is -2.35. The summed E-state index contributed by atoms with van der Waals surface area (Å²) in [6.07, 6.45) is 0.855. The van der Waals surface area contributed by atoms with Crippen molar-refractivity contribution in [1.29, 1.82) is 0 Å². The Morgan fingerprint density at radius 3 is 2.86 bits per heavy atom. The molecule has 1 fully saturated rings. The summed E-state index contributed by atoms with van der Waals surface area (Å²) in [4.78, 5) is 13.7. The number of amides is 1. The van der Waals surface area contributed by atoms with Gasteiger partial charge in [-0.2, -0.15) is 0 Å². The molecule has 7 heteroatoms. The summed E-state index contributed by atoms with van der Waals surface area (Å²) >= 11 is 0. The number of sulfone groups is 1. The minimum absolute atomic E-state index is 0.0167. The van der Waals surface area contributed by atoms with Crippen molar-refractivity contribution in [2.24, 2.45) is 0 Å². The van der Waals surface area contributed by atoms with E-state index in [4.69, 9.17) is 0 Å². The fourth-order valence-electron chi connectivity index (χ4n) is 2.37. The fourth-order valence-corrected chi connectivity index (χ4v) is 4.18. The number of rotatable bonds is 5. The predicted octanol–water partition coefficient (Wildman–Crippen LogP) is 1.27. The van der Waals surface area contributed by atoms with Crippen LogP contribution < -0.4 is 5.32 Å². The van der Waals surface area contributed by atoms with Gasteiger partial charge in [-0.05, 0) is 31.7 Å². The van der Waals surface area contributed by atoms with E-state index in [2.05, 4.69) is 5.32 Å². The monoisotopic (exact) mass is 314 g/mol. The van der Waals surface area contributed by atoms with Crippen molar-refractivity contribution < 1.29 is 17.6 Å². The highest BCUT2D eigenvalue weighted by Crippen LogP contribution is 2.16. The molecule has 1 N–H and O–H groups in total. The zero-order chi connectivity index (χ0) is 15.5. The van der Waals surface area contributed by atoms with Crippen molar-refractivity contribution in [3.63, 3.8) is 0 Å². The number of halogens is 1. The first-order valence-corrected chi connectivity index (χ1v) is 8.64. The highest BCUT2D eigenvalue weighted by Gasteiger charge is 2.30. The maximum atomic E-state index is 13.0. The van der Waals surface area contributed by atoms with Gasteiger partial charge >= 0.3 is 0 Å². The quantitative estimate of drug-likeness (QED) is 0.889. The van der Waals surface area contributed by atoms with E-state index in [0.29, 0.717) is 18.7 Å². The van der Waals surface area contributed by atoms with Crippen molar-refractivity contribution >= 4 is 21.4 Å². The Morgan fingerprint density at radius 1 is 1.48 bits per heavy atom. The van der Waals surface area contributed by atoms with Crippen LogP contribution in [-0.2, 0) is 14.6 Å². The smallest absolute Gasteiger partial charge is 0.225 e. The molecule has 1 unspecified atom stereocenters. The molecule has 1 aliphatic rings. The fraction of sp³-hybridized carbons (Fsp3) is 0.500. The molecule has 5 nitrogen and oxygen atoms in total. The molecule has 0 radical (unpaired) electrons. The van der Waals surface area contributed by atoms with Gasteiger partial charge in [0.25, 0.3) is 0 Å². The largest absolute Gasteiger partial charge is 0.326 e. The van der Waals surface area contributed by atoms with E-state index in [0.717, 1.165) is 0 Å². The molecule has 21 heavy (non-hydrogen) atoms. The minimum Gasteiger partial charge on any atom is -0.326 e. The van der Waals surface area contributed by atoms with Gasteiger partial charge in [0.15, 0.2) is 9.84 Å². The van der Waals surface area contributed by atoms with Gasteiger partial charge in [-0.25, -0.2) is 12.8 Å². The van der Waals surface area contributed by atoms with Crippen LogP contribution in [-0.4, -0.2) is 50.4 Å². The Balaban J connectivity index is 1.79. The number of anilines is 1. The topological polar surface area (TPSA) is 66.5 Å². The molecule has 116 valence electrons. The molecule has 1 saturated heterocycles. The summed E-state index contributed by atoms with van der Waals surface area (Å²) in [7, 11) is -1.10. The van der Waals surface area contributed by atoms with E-state index in [1.54, 1.807) is 6.07 Å². The maximum absolute atomic E-state index is 13.0. The van der Waals surface area contributed by atoms with E-state index in [1.807, 2.05) is 11.9 Å². The van der Waals surface area contributed by atoms with Gasteiger partial charge in [-0.15, -0.1) is 0 Å². The molecule has 0 spiro atoms. The zero-order valence-electron chi connectivity index (χ0n) is 11.9. The SMILES string of the molecule is CN(CCC(=O)Nc1cccc(F)c1)C1CCS(=O)(=O)C1. The van der Waals surface area contributed by atoms with Gasteiger partial charge in [-0.3, -0.25) is 4.79 Å². The van der Waals surface area contributed by atoms with E-state index in [1.165, 1.54) is 18.2 Å². The molecule has 1 aromatic carbocycles. The molecule has 2 rings (SSSR count). The molecule has 1 atom stereocenters. The van der Waals surface area contributed by atoms with Gasteiger partial charge < -0.3 is 10.2 Å². The van der Waals surface area contributed by atoms with Crippen LogP contribution in [0.1, 0.15) is 12.8 Å². The van der Waals surface area contributed by atoms with E-state index >= 15 is 0 Å². The molecule has 1 amide bonds. The molecule has 0 aromatic heterocycles. The van der Waals surface area contributed by atoms with Crippen molar-refractivity contribution in [2.45, 2.75) is 18.9 Å². The molecule has 0 bridgehead atoms. The van der Waals surface area contributed by atoms with Gasteiger partial charge in [0.05, 0.1) is 11.5 Å². The van der Waals surface area contributed by atoms with Crippen LogP contribution in [0.25, 0.3) is 0 Å². The van der Waals surface area contributed by atoms with Crippen molar-refractivity contribution in [3.05, 3.63) is 30.1 Å². The third-order valence-electron chi connectivity index (χ3n) is 3.63. The predicted molar refractivity (Wildman–Crippen MR) is 79.3 cm³/mol. The molecule has 0 aliphatic carbocycles. The summed E-state index contributed by atoms with van der Waals surface area (Å²) in [5, 5.41) is 2.62. The van der Waals surface area contributed by atoms with Crippen LogP contribution in [0.2, 0.25) is 0 Å². The van der Waals surface area contributed by atoms with Gasteiger partial charge in [0, 0.05) is 24.7 Å². The maximum Gasteiger partial charge on any atom is 0.225 e. The zero-order valence-corrected chi connectivity index (χ0v) is 12.7. The summed E-state index contributed by atoms with van der Waals surface area (Å²) in [5.41, 5.74) is 0.422. The number of nitrogens with one attached hydrogen (secondary N) is 1. The molecule has 0 saturated carbocycles.